The highest BCUT2D eigenvalue weighted by molar-refractivity contribution is 5.88. The van der Waals surface area contributed by atoms with Crippen LogP contribution in [-0.4, -0.2) is 35.9 Å². The number of hydrogen-bond donors (Lipinski definition) is 1. The molecule has 0 fully saturated rings. The van der Waals surface area contributed by atoms with E-state index in [1.165, 1.54) is 11.0 Å². The number of nitrogens with one attached hydrogen (secondary N) is 1. The van der Waals surface area contributed by atoms with Crippen molar-refractivity contribution in [2.75, 3.05) is 13.2 Å². The van der Waals surface area contributed by atoms with Crippen LogP contribution in [0.2, 0.25) is 0 Å². The largest absolute Gasteiger partial charge is 0.483 e. The van der Waals surface area contributed by atoms with Crippen LogP contribution in [0.1, 0.15) is 29.2 Å². The van der Waals surface area contributed by atoms with Crippen LogP contribution in [0.3, 0.4) is 0 Å². The van der Waals surface area contributed by atoms with Gasteiger partial charge in [-0.15, -0.1) is 0 Å². The summed E-state index contributed by atoms with van der Waals surface area (Å²) >= 11 is 0. The maximum Gasteiger partial charge on any atom is 0.261 e. The number of rotatable bonds is 10. The first kappa shape index (κ1) is 25.0. The highest BCUT2D eigenvalue weighted by atomic mass is 19.1. The lowest BCUT2D eigenvalue weighted by Crippen LogP contribution is -2.51. The Kier molecular flexibility index (Phi) is 8.79. The highest BCUT2D eigenvalue weighted by Crippen LogP contribution is 2.20. The van der Waals surface area contributed by atoms with Crippen molar-refractivity contribution in [3.05, 3.63) is 101 Å². The summed E-state index contributed by atoms with van der Waals surface area (Å²) in [6.45, 7) is 5.84. The van der Waals surface area contributed by atoms with E-state index in [0.29, 0.717) is 24.3 Å². The maximum atomic E-state index is 14.5. The van der Waals surface area contributed by atoms with E-state index in [4.69, 9.17) is 4.74 Å². The number of carbonyl (C=O) groups is 2. The molecule has 0 saturated heterocycles. The normalized spacial score (nSPS) is 11.5. The van der Waals surface area contributed by atoms with Gasteiger partial charge < -0.3 is 15.0 Å². The summed E-state index contributed by atoms with van der Waals surface area (Å²) in [6.07, 6.45) is 0.302. The van der Waals surface area contributed by atoms with E-state index < -0.39 is 17.8 Å². The number of amides is 2. The number of benzene rings is 3. The van der Waals surface area contributed by atoms with Gasteiger partial charge in [-0.2, -0.15) is 0 Å². The minimum atomic E-state index is -0.822. The first-order chi connectivity index (χ1) is 16.4. The molecule has 0 aromatic heterocycles. The van der Waals surface area contributed by atoms with E-state index >= 15 is 0 Å². The predicted octanol–water partition coefficient (Wildman–Crippen LogP) is 4.60. The fraction of sp³-hybridized carbons (Fsp3) is 0.286. The molecule has 0 aliphatic carbocycles. The minimum absolute atomic E-state index is 0.0453. The number of aryl methyl sites for hydroxylation is 2. The molecule has 1 unspecified atom stereocenters. The van der Waals surface area contributed by atoms with E-state index in [9.17, 15) is 14.0 Å². The Hall–Kier alpha value is -3.67. The Balaban J connectivity index is 1.91. The number of carbonyl (C=O) groups excluding carboxylic acids is 2. The molecular weight excluding hydrogens is 431 g/mol. The van der Waals surface area contributed by atoms with Crippen molar-refractivity contribution in [2.24, 2.45) is 0 Å². The molecule has 3 aromatic carbocycles. The summed E-state index contributed by atoms with van der Waals surface area (Å²) < 4.78 is 20.4. The third-order valence-corrected chi connectivity index (χ3v) is 5.60. The second kappa shape index (κ2) is 12.0. The average Bonchev–Trinajstić information content (AvgIpc) is 2.82. The van der Waals surface area contributed by atoms with Gasteiger partial charge in [-0.05, 0) is 44.0 Å². The summed E-state index contributed by atoms with van der Waals surface area (Å²) in [4.78, 5) is 28.0. The van der Waals surface area contributed by atoms with Gasteiger partial charge in [0, 0.05) is 25.1 Å². The van der Waals surface area contributed by atoms with E-state index in [2.05, 4.69) is 5.32 Å². The van der Waals surface area contributed by atoms with Gasteiger partial charge in [0.05, 0.1) is 0 Å². The molecule has 0 spiro atoms. The highest BCUT2D eigenvalue weighted by Gasteiger charge is 2.31. The van der Waals surface area contributed by atoms with Crippen LogP contribution in [0.25, 0.3) is 0 Å². The molecule has 1 atom stereocenters. The Bertz CT molecular complexity index is 1120. The molecule has 0 heterocycles. The minimum Gasteiger partial charge on any atom is -0.483 e. The zero-order valence-corrected chi connectivity index (χ0v) is 19.9. The lowest BCUT2D eigenvalue weighted by atomic mass is 10.0. The van der Waals surface area contributed by atoms with Crippen molar-refractivity contribution in [3.63, 3.8) is 0 Å². The molecule has 34 heavy (non-hydrogen) atoms. The predicted molar refractivity (Wildman–Crippen MR) is 131 cm³/mol. The van der Waals surface area contributed by atoms with Crippen LogP contribution in [0, 0.1) is 19.7 Å². The number of likely N-dealkylation sites (N-methyl/N-ethyl adjacent to an activating group) is 1. The Labute approximate surface area is 200 Å². The first-order valence-electron chi connectivity index (χ1n) is 11.4. The molecule has 1 N–H and O–H groups in total. The van der Waals surface area contributed by atoms with Crippen molar-refractivity contribution in [3.8, 4) is 5.75 Å². The van der Waals surface area contributed by atoms with Gasteiger partial charge in [0.25, 0.3) is 5.91 Å². The molecule has 2 amide bonds. The molecule has 5 nitrogen and oxygen atoms in total. The second-order valence-corrected chi connectivity index (χ2v) is 8.27. The van der Waals surface area contributed by atoms with Crippen molar-refractivity contribution in [1.82, 2.24) is 10.2 Å². The number of hydrogen-bond acceptors (Lipinski definition) is 3. The third kappa shape index (κ3) is 6.67. The Morgan fingerprint density at radius 3 is 2.38 bits per heavy atom. The van der Waals surface area contributed by atoms with E-state index in [0.717, 1.165) is 16.7 Å². The molecule has 178 valence electrons. The monoisotopic (exact) mass is 462 g/mol. The molecule has 0 radical (unpaired) electrons. The lowest BCUT2D eigenvalue weighted by molar-refractivity contribution is -0.142. The molecule has 0 aliphatic heterocycles. The lowest BCUT2D eigenvalue weighted by Gasteiger charge is -2.31. The van der Waals surface area contributed by atoms with E-state index in [1.54, 1.807) is 18.2 Å². The Morgan fingerprint density at radius 1 is 1.00 bits per heavy atom. The van der Waals surface area contributed by atoms with E-state index in [1.807, 2.05) is 69.3 Å². The van der Waals surface area contributed by atoms with Gasteiger partial charge in [0.2, 0.25) is 5.91 Å². The van der Waals surface area contributed by atoms with Crippen molar-refractivity contribution < 1.29 is 18.7 Å². The smallest absolute Gasteiger partial charge is 0.261 e. The van der Waals surface area contributed by atoms with Crippen LogP contribution < -0.4 is 10.1 Å². The second-order valence-electron chi connectivity index (χ2n) is 8.27. The fourth-order valence-electron chi connectivity index (χ4n) is 3.84. The van der Waals surface area contributed by atoms with Gasteiger partial charge in [-0.3, -0.25) is 9.59 Å². The molecule has 3 aromatic rings. The molecule has 0 bridgehead atoms. The van der Waals surface area contributed by atoms with Crippen LogP contribution in [-0.2, 0) is 22.6 Å². The number of ether oxygens (including phenoxy) is 1. The number of nitrogens with zero attached hydrogens (tertiary/aromatic N) is 1. The zero-order chi connectivity index (χ0) is 24.5. The van der Waals surface area contributed by atoms with Gasteiger partial charge >= 0.3 is 0 Å². The quantitative estimate of drug-likeness (QED) is 0.479. The molecule has 6 heteroatoms. The molecular formula is C28H31FN2O3. The molecule has 0 saturated carbocycles. The maximum absolute atomic E-state index is 14.5. The summed E-state index contributed by atoms with van der Waals surface area (Å²) in [7, 11) is 0. The fourth-order valence-corrected chi connectivity index (χ4v) is 3.84. The summed E-state index contributed by atoms with van der Waals surface area (Å²) in [5, 5.41) is 2.82. The average molecular weight is 463 g/mol. The van der Waals surface area contributed by atoms with Crippen LogP contribution in [0.5, 0.6) is 5.75 Å². The summed E-state index contributed by atoms with van der Waals surface area (Å²) in [5.41, 5.74) is 3.25. The van der Waals surface area contributed by atoms with Gasteiger partial charge in [-0.25, -0.2) is 4.39 Å². The van der Waals surface area contributed by atoms with Crippen LogP contribution in [0.4, 0.5) is 4.39 Å². The zero-order valence-electron chi connectivity index (χ0n) is 19.9. The standard InChI is InChI=1S/C28H31FN2O3/c1-4-30-28(33)25(17-22-10-6-5-7-11-22)31(18-23-12-8-9-13-24(23)29)27(32)19-34-26-15-14-20(2)16-21(26)3/h5-16,25H,4,17-19H2,1-3H3,(H,30,33). The van der Waals surface area contributed by atoms with Crippen molar-refractivity contribution >= 4 is 11.8 Å². The van der Waals surface area contributed by atoms with Crippen molar-refractivity contribution in [2.45, 2.75) is 39.8 Å². The summed E-state index contributed by atoms with van der Waals surface area (Å²) in [6, 6.07) is 20.7. The van der Waals surface area contributed by atoms with Gasteiger partial charge in [0.1, 0.15) is 17.6 Å². The number of halogens is 1. The molecule has 3 rings (SSSR count). The van der Waals surface area contributed by atoms with Crippen LogP contribution in [0.15, 0.2) is 72.8 Å². The topological polar surface area (TPSA) is 58.6 Å². The first-order valence-corrected chi connectivity index (χ1v) is 11.4. The summed E-state index contributed by atoms with van der Waals surface area (Å²) in [5.74, 6) is -0.509. The van der Waals surface area contributed by atoms with Crippen molar-refractivity contribution in [1.29, 1.82) is 0 Å². The SMILES string of the molecule is CCNC(=O)C(Cc1ccccc1)N(Cc1ccccc1F)C(=O)COc1ccc(C)cc1C. The van der Waals surface area contributed by atoms with Gasteiger partial charge in [0.15, 0.2) is 6.61 Å². The van der Waals surface area contributed by atoms with Crippen LogP contribution >= 0.6 is 0 Å². The molecule has 0 aliphatic rings. The van der Waals surface area contributed by atoms with Gasteiger partial charge in [-0.1, -0.05) is 66.2 Å². The Morgan fingerprint density at radius 2 is 1.71 bits per heavy atom. The third-order valence-electron chi connectivity index (χ3n) is 5.60. The van der Waals surface area contributed by atoms with E-state index in [-0.39, 0.29) is 19.1 Å².